The SMILES string of the molecule is CC1CN2CCCC2CN1C(C)c1c(O)cccc1O. The largest absolute Gasteiger partial charge is 0.507 e. The second-order valence-electron chi connectivity index (χ2n) is 6.22. The molecular formula is C16H24N2O2. The van der Waals surface area contributed by atoms with Gasteiger partial charge in [0.05, 0.1) is 5.56 Å². The van der Waals surface area contributed by atoms with E-state index in [0.29, 0.717) is 17.6 Å². The van der Waals surface area contributed by atoms with Crippen molar-refractivity contribution in [1.29, 1.82) is 0 Å². The maximum Gasteiger partial charge on any atom is 0.124 e. The molecule has 1 aromatic rings. The van der Waals surface area contributed by atoms with Gasteiger partial charge in [0.15, 0.2) is 0 Å². The number of nitrogens with zero attached hydrogens (tertiary/aromatic N) is 2. The molecule has 20 heavy (non-hydrogen) atoms. The van der Waals surface area contributed by atoms with Crippen molar-refractivity contribution in [2.45, 2.75) is 44.8 Å². The van der Waals surface area contributed by atoms with Crippen LogP contribution in [0.2, 0.25) is 0 Å². The Kier molecular flexibility index (Phi) is 3.61. The molecule has 0 bridgehead atoms. The zero-order valence-electron chi connectivity index (χ0n) is 12.3. The topological polar surface area (TPSA) is 46.9 Å². The molecule has 0 radical (unpaired) electrons. The molecular weight excluding hydrogens is 252 g/mol. The fourth-order valence-electron chi connectivity index (χ4n) is 3.88. The van der Waals surface area contributed by atoms with E-state index in [9.17, 15) is 10.2 Å². The van der Waals surface area contributed by atoms with Gasteiger partial charge in [0.1, 0.15) is 11.5 Å². The smallest absolute Gasteiger partial charge is 0.124 e. The molecule has 0 aromatic heterocycles. The van der Waals surface area contributed by atoms with Crippen LogP contribution in [0, 0.1) is 0 Å². The van der Waals surface area contributed by atoms with Crippen LogP contribution in [0.25, 0.3) is 0 Å². The molecule has 2 fully saturated rings. The maximum atomic E-state index is 10.1. The standard InChI is InChI=1S/C16H24N2O2/c1-11-9-17-8-4-5-13(17)10-18(11)12(2)16-14(19)6-3-7-15(16)20/h3,6-7,11-13,19-20H,4-5,8-10H2,1-2H3. The van der Waals surface area contributed by atoms with Gasteiger partial charge in [-0.15, -0.1) is 0 Å². The fraction of sp³-hybridized carbons (Fsp3) is 0.625. The molecule has 0 spiro atoms. The Morgan fingerprint density at radius 1 is 1.20 bits per heavy atom. The molecule has 2 aliphatic rings. The van der Waals surface area contributed by atoms with Gasteiger partial charge in [-0.2, -0.15) is 0 Å². The van der Waals surface area contributed by atoms with Gasteiger partial charge in [-0.1, -0.05) is 6.07 Å². The molecule has 2 saturated heterocycles. The van der Waals surface area contributed by atoms with Gasteiger partial charge >= 0.3 is 0 Å². The molecule has 110 valence electrons. The van der Waals surface area contributed by atoms with Crippen molar-refractivity contribution in [2.24, 2.45) is 0 Å². The molecule has 4 nitrogen and oxygen atoms in total. The van der Waals surface area contributed by atoms with E-state index >= 15 is 0 Å². The number of aromatic hydroxyl groups is 2. The van der Waals surface area contributed by atoms with Gasteiger partial charge in [0.25, 0.3) is 0 Å². The van der Waals surface area contributed by atoms with Crippen molar-refractivity contribution < 1.29 is 10.2 Å². The second kappa shape index (κ2) is 5.26. The third-order valence-corrected chi connectivity index (χ3v) is 4.96. The summed E-state index contributed by atoms with van der Waals surface area (Å²) >= 11 is 0. The molecule has 2 heterocycles. The van der Waals surface area contributed by atoms with E-state index in [1.54, 1.807) is 18.2 Å². The Bertz CT molecular complexity index is 471. The van der Waals surface area contributed by atoms with Crippen molar-refractivity contribution in [3.8, 4) is 11.5 Å². The first kappa shape index (κ1) is 13.7. The van der Waals surface area contributed by atoms with Gasteiger partial charge in [-0.25, -0.2) is 0 Å². The fourth-order valence-corrected chi connectivity index (χ4v) is 3.88. The van der Waals surface area contributed by atoms with E-state index in [0.717, 1.165) is 13.1 Å². The summed E-state index contributed by atoms with van der Waals surface area (Å²) in [4.78, 5) is 5.00. The van der Waals surface area contributed by atoms with E-state index in [2.05, 4.69) is 23.6 Å². The molecule has 0 saturated carbocycles. The lowest BCUT2D eigenvalue weighted by atomic mass is 9.99. The number of hydrogen-bond donors (Lipinski definition) is 2. The molecule has 3 rings (SSSR count). The summed E-state index contributed by atoms with van der Waals surface area (Å²) in [5, 5.41) is 20.1. The highest BCUT2D eigenvalue weighted by Crippen LogP contribution is 2.38. The van der Waals surface area contributed by atoms with Gasteiger partial charge in [-0.05, 0) is 45.4 Å². The van der Waals surface area contributed by atoms with E-state index in [1.165, 1.54) is 19.4 Å². The van der Waals surface area contributed by atoms with Crippen LogP contribution in [0.5, 0.6) is 11.5 Å². The predicted molar refractivity (Wildman–Crippen MR) is 78.9 cm³/mol. The third-order valence-electron chi connectivity index (χ3n) is 4.96. The Morgan fingerprint density at radius 2 is 1.90 bits per heavy atom. The molecule has 3 unspecified atom stereocenters. The number of phenolic OH excluding ortho intramolecular Hbond substituents is 2. The first-order valence-electron chi connectivity index (χ1n) is 7.58. The first-order valence-corrected chi connectivity index (χ1v) is 7.58. The highest BCUT2D eigenvalue weighted by molar-refractivity contribution is 5.45. The van der Waals surface area contributed by atoms with E-state index < -0.39 is 0 Å². The zero-order chi connectivity index (χ0) is 14.3. The van der Waals surface area contributed by atoms with E-state index in [-0.39, 0.29) is 17.5 Å². The zero-order valence-corrected chi connectivity index (χ0v) is 12.3. The summed E-state index contributed by atoms with van der Waals surface area (Å²) in [6.45, 7) is 7.65. The lowest BCUT2D eigenvalue weighted by Gasteiger charge is -2.45. The summed E-state index contributed by atoms with van der Waals surface area (Å²) in [5.41, 5.74) is 0.658. The summed E-state index contributed by atoms with van der Waals surface area (Å²) in [6.07, 6.45) is 2.56. The Morgan fingerprint density at radius 3 is 2.60 bits per heavy atom. The number of hydrogen-bond acceptors (Lipinski definition) is 4. The average Bonchev–Trinajstić information content (AvgIpc) is 2.84. The summed E-state index contributed by atoms with van der Waals surface area (Å²) < 4.78 is 0. The van der Waals surface area contributed by atoms with Crippen LogP contribution in [0.15, 0.2) is 18.2 Å². The van der Waals surface area contributed by atoms with Crippen LogP contribution in [0.1, 0.15) is 38.3 Å². The van der Waals surface area contributed by atoms with Crippen LogP contribution in [0.4, 0.5) is 0 Å². The predicted octanol–water partition coefficient (Wildman–Crippen LogP) is 2.33. The van der Waals surface area contributed by atoms with Crippen molar-refractivity contribution in [3.05, 3.63) is 23.8 Å². The summed E-state index contributed by atoms with van der Waals surface area (Å²) in [6, 6.07) is 6.11. The molecule has 3 atom stereocenters. The molecule has 0 amide bonds. The third kappa shape index (κ3) is 2.27. The minimum atomic E-state index is 0.0361. The van der Waals surface area contributed by atoms with E-state index in [4.69, 9.17) is 0 Å². The Labute approximate surface area is 120 Å². The lowest BCUT2D eigenvalue weighted by molar-refractivity contribution is 0.0313. The molecule has 4 heteroatoms. The van der Waals surface area contributed by atoms with Crippen molar-refractivity contribution in [2.75, 3.05) is 19.6 Å². The normalized spacial score (nSPS) is 29.3. The van der Waals surface area contributed by atoms with Gasteiger partial charge < -0.3 is 10.2 Å². The minimum Gasteiger partial charge on any atom is -0.507 e. The second-order valence-corrected chi connectivity index (χ2v) is 6.22. The molecule has 2 aliphatic heterocycles. The number of phenols is 2. The average molecular weight is 276 g/mol. The van der Waals surface area contributed by atoms with Crippen molar-refractivity contribution >= 4 is 0 Å². The van der Waals surface area contributed by atoms with Gasteiger partial charge in [0, 0.05) is 31.2 Å². The van der Waals surface area contributed by atoms with Crippen LogP contribution >= 0.6 is 0 Å². The number of rotatable bonds is 2. The number of fused-ring (bicyclic) bond motifs is 1. The number of benzene rings is 1. The molecule has 0 aliphatic carbocycles. The van der Waals surface area contributed by atoms with Crippen LogP contribution in [-0.4, -0.2) is 51.7 Å². The van der Waals surface area contributed by atoms with E-state index in [1.807, 2.05) is 0 Å². The molecule has 1 aromatic carbocycles. The van der Waals surface area contributed by atoms with Crippen molar-refractivity contribution in [3.63, 3.8) is 0 Å². The highest BCUT2D eigenvalue weighted by Gasteiger charge is 2.37. The van der Waals surface area contributed by atoms with Crippen LogP contribution < -0.4 is 0 Å². The Hall–Kier alpha value is -1.26. The number of piperazine rings is 1. The lowest BCUT2D eigenvalue weighted by Crippen LogP contribution is -2.55. The van der Waals surface area contributed by atoms with Gasteiger partial charge in [-0.3, -0.25) is 9.80 Å². The van der Waals surface area contributed by atoms with Gasteiger partial charge in [0.2, 0.25) is 0 Å². The van der Waals surface area contributed by atoms with Crippen molar-refractivity contribution in [1.82, 2.24) is 9.80 Å². The maximum absolute atomic E-state index is 10.1. The highest BCUT2D eigenvalue weighted by atomic mass is 16.3. The quantitative estimate of drug-likeness (QED) is 0.870. The molecule has 2 N–H and O–H groups in total. The minimum absolute atomic E-state index is 0.0361. The monoisotopic (exact) mass is 276 g/mol. The summed E-state index contributed by atoms with van der Waals surface area (Å²) in [5.74, 6) is 0.386. The van der Waals surface area contributed by atoms with Crippen LogP contribution in [0.3, 0.4) is 0 Å². The summed E-state index contributed by atoms with van der Waals surface area (Å²) in [7, 11) is 0. The first-order chi connectivity index (χ1) is 9.58. The van der Waals surface area contributed by atoms with Crippen LogP contribution in [-0.2, 0) is 0 Å². The Balaban J connectivity index is 1.84.